The first-order valence-electron chi connectivity index (χ1n) is 7.94. The summed E-state index contributed by atoms with van der Waals surface area (Å²) in [5.41, 5.74) is 3.44. The van der Waals surface area contributed by atoms with E-state index in [1.54, 1.807) is 0 Å². The summed E-state index contributed by atoms with van der Waals surface area (Å²) < 4.78 is 0. The molecule has 0 aromatic heterocycles. The van der Waals surface area contributed by atoms with E-state index in [0.29, 0.717) is 12.3 Å². The van der Waals surface area contributed by atoms with Crippen molar-refractivity contribution in [2.45, 2.75) is 39.7 Å². The highest BCUT2D eigenvalue weighted by molar-refractivity contribution is 5.79. The van der Waals surface area contributed by atoms with Crippen molar-refractivity contribution in [3.05, 3.63) is 71.3 Å². The molecule has 2 heteroatoms. The number of carbonyl (C=O) groups is 1. The Bertz CT molecular complexity index is 587. The maximum atomic E-state index is 12.4. The van der Waals surface area contributed by atoms with Crippen LogP contribution >= 0.6 is 0 Å². The Hall–Kier alpha value is -2.09. The van der Waals surface area contributed by atoms with Crippen molar-refractivity contribution in [1.29, 1.82) is 0 Å². The van der Waals surface area contributed by atoms with Gasteiger partial charge in [0.15, 0.2) is 0 Å². The number of nitrogens with one attached hydrogen (secondary N) is 1. The molecule has 0 aliphatic rings. The Morgan fingerprint density at radius 1 is 1.00 bits per heavy atom. The summed E-state index contributed by atoms with van der Waals surface area (Å²) in [5, 5.41) is 3.19. The van der Waals surface area contributed by atoms with E-state index in [0.717, 1.165) is 12.0 Å². The van der Waals surface area contributed by atoms with E-state index in [1.165, 1.54) is 11.1 Å². The first-order chi connectivity index (χ1) is 10.5. The van der Waals surface area contributed by atoms with Crippen LogP contribution in [-0.4, -0.2) is 5.91 Å². The molecule has 0 radical (unpaired) electrons. The SMILES string of the molecule is Cc1ccc(CC(=O)NC(CC(C)C)c2ccccc2)cc1. The number of hydrogen-bond acceptors (Lipinski definition) is 1. The summed E-state index contributed by atoms with van der Waals surface area (Å²) in [6.45, 7) is 6.42. The van der Waals surface area contributed by atoms with Gasteiger partial charge in [-0.05, 0) is 30.4 Å². The highest BCUT2D eigenvalue weighted by Crippen LogP contribution is 2.21. The molecule has 22 heavy (non-hydrogen) atoms. The van der Waals surface area contributed by atoms with Crippen LogP contribution in [-0.2, 0) is 11.2 Å². The van der Waals surface area contributed by atoms with E-state index in [2.05, 4.69) is 38.2 Å². The fraction of sp³-hybridized carbons (Fsp3) is 0.350. The Kier molecular flexibility index (Phi) is 5.76. The van der Waals surface area contributed by atoms with Crippen LogP contribution < -0.4 is 5.32 Å². The molecule has 0 bridgehead atoms. The summed E-state index contributed by atoms with van der Waals surface area (Å²) in [7, 11) is 0. The van der Waals surface area contributed by atoms with Crippen molar-refractivity contribution in [2.24, 2.45) is 5.92 Å². The molecule has 1 atom stereocenters. The molecule has 0 fully saturated rings. The lowest BCUT2D eigenvalue weighted by atomic mass is 9.96. The van der Waals surface area contributed by atoms with Gasteiger partial charge in [0.1, 0.15) is 0 Å². The number of amides is 1. The summed E-state index contributed by atoms with van der Waals surface area (Å²) in [5.74, 6) is 0.614. The quantitative estimate of drug-likeness (QED) is 0.838. The fourth-order valence-electron chi connectivity index (χ4n) is 2.57. The lowest BCUT2D eigenvalue weighted by molar-refractivity contribution is -0.121. The van der Waals surface area contributed by atoms with Crippen LogP contribution in [0.4, 0.5) is 0 Å². The summed E-state index contributed by atoms with van der Waals surface area (Å²) in [6, 6.07) is 18.4. The van der Waals surface area contributed by atoms with E-state index < -0.39 is 0 Å². The minimum atomic E-state index is 0.0818. The molecule has 0 aliphatic carbocycles. The molecule has 0 heterocycles. The summed E-state index contributed by atoms with van der Waals surface area (Å²) in [4.78, 5) is 12.4. The first-order valence-corrected chi connectivity index (χ1v) is 7.94. The van der Waals surface area contributed by atoms with Gasteiger partial charge >= 0.3 is 0 Å². The summed E-state index contributed by atoms with van der Waals surface area (Å²) >= 11 is 0. The van der Waals surface area contributed by atoms with Crippen molar-refractivity contribution in [1.82, 2.24) is 5.32 Å². The van der Waals surface area contributed by atoms with Crippen molar-refractivity contribution >= 4 is 5.91 Å². The third kappa shape index (κ3) is 5.03. The van der Waals surface area contributed by atoms with E-state index in [9.17, 15) is 4.79 Å². The molecule has 0 aliphatic heterocycles. The van der Waals surface area contributed by atoms with Crippen LogP contribution in [0.1, 0.15) is 43.0 Å². The van der Waals surface area contributed by atoms with Crippen molar-refractivity contribution in [2.75, 3.05) is 0 Å². The Morgan fingerprint density at radius 3 is 2.23 bits per heavy atom. The molecular weight excluding hydrogens is 270 g/mol. The van der Waals surface area contributed by atoms with Gasteiger partial charge in [-0.25, -0.2) is 0 Å². The van der Waals surface area contributed by atoms with Gasteiger partial charge in [0, 0.05) is 0 Å². The fourth-order valence-corrected chi connectivity index (χ4v) is 2.57. The van der Waals surface area contributed by atoms with Crippen molar-refractivity contribution < 1.29 is 4.79 Å². The molecule has 1 unspecified atom stereocenters. The van der Waals surface area contributed by atoms with Crippen molar-refractivity contribution in [3.8, 4) is 0 Å². The lowest BCUT2D eigenvalue weighted by Gasteiger charge is -2.21. The van der Waals surface area contributed by atoms with Gasteiger partial charge in [-0.2, -0.15) is 0 Å². The van der Waals surface area contributed by atoms with E-state index in [-0.39, 0.29) is 11.9 Å². The first kappa shape index (κ1) is 16.3. The Balaban J connectivity index is 2.03. The Morgan fingerprint density at radius 2 is 1.64 bits per heavy atom. The largest absolute Gasteiger partial charge is 0.349 e. The monoisotopic (exact) mass is 295 g/mol. The molecule has 116 valence electrons. The van der Waals surface area contributed by atoms with Gasteiger partial charge < -0.3 is 5.32 Å². The van der Waals surface area contributed by atoms with Gasteiger partial charge in [-0.15, -0.1) is 0 Å². The van der Waals surface area contributed by atoms with Crippen LogP contribution in [0.25, 0.3) is 0 Å². The number of hydrogen-bond donors (Lipinski definition) is 1. The minimum absolute atomic E-state index is 0.0818. The summed E-state index contributed by atoms with van der Waals surface area (Å²) in [6.07, 6.45) is 1.38. The van der Waals surface area contributed by atoms with Crippen LogP contribution in [0.15, 0.2) is 54.6 Å². The average molecular weight is 295 g/mol. The van der Waals surface area contributed by atoms with Gasteiger partial charge in [0.25, 0.3) is 0 Å². The maximum absolute atomic E-state index is 12.4. The van der Waals surface area contributed by atoms with E-state index >= 15 is 0 Å². The van der Waals surface area contributed by atoms with Crippen LogP contribution in [0.2, 0.25) is 0 Å². The molecule has 2 aromatic carbocycles. The van der Waals surface area contributed by atoms with Crippen LogP contribution in [0.5, 0.6) is 0 Å². The molecule has 2 nitrogen and oxygen atoms in total. The van der Waals surface area contributed by atoms with Gasteiger partial charge in [-0.1, -0.05) is 74.0 Å². The number of aryl methyl sites for hydroxylation is 1. The zero-order valence-electron chi connectivity index (χ0n) is 13.7. The number of carbonyl (C=O) groups excluding carboxylic acids is 1. The van der Waals surface area contributed by atoms with Crippen LogP contribution in [0, 0.1) is 12.8 Å². The number of rotatable bonds is 6. The minimum Gasteiger partial charge on any atom is -0.349 e. The average Bonchev–Trinajstić information content (AvgIpc) is 2.49. The zero-order valence-corrected chi connectivity index (χ0v) is 13.7. The van der Waals surface area contributed by atoms with E-state index in [1.807, 2.05) is 42.5 Å². The molecular formula is C20H25NO. The van der Waals surface area contributed by atoms with Gasteiger partial charge in [-0.3, -0.25) is 4.79 Å². The highest BCUT2D eigenvalue weighted by Gasteiger charge is 2.16. The predicted molar refractivity (Wildman–Crippen MR) is 91.7 cm³/mol. The highest BCUT2D eigenvalue weighted by atomic mass is 16.1. The smallest absolute Gasteiger partial charge is 0.224 e. The normalized spacial score (nSPS) is 12.2. The van der Waals surface area contributed by atoms with E-state index in [4.69, 9.17) is 0 Å². The molecule has 1 amide bonds. The second-order valence-corrected chi connectivity index (χ2v) is 6.32. The zero-order chi connectivity index (χ0) is 15.9. The molecule has 2 rings (SSSR count). The lowest BCUT2D eigenvalue weighted by Crippen LogP contribution is -2.30. The second kappa shape index (κ2) is 7.79. The Labute approximate surface area is 133 Å². The molecule has 0 spiro atoms. The third-order valence-corrected chi connectivity index (χ3v) is 3.73. The van der Waals surface area contributed by atoms with Crippen LogP contribution in [0.3, 0.4) is 0 Å². The number of benzene rings is 2. The molecule has 1 N–H and O–H groups in total. The topological polar surface area (TPSA) is 29.1 Å². The van der Waals surface area contributed by atoms with Gasteiger partial charge in [0.05, 0.1) is 12.5 Å². The maximum Gasteiger partial charge on any atom is 0.224 e. The molecule has 0 saturated carbocycles. The molecule has 0 saturated heterocycles. The standard InChI is InChI=1S/C20H25NO/c1-15(2)13-19(18-7-5-4-6-8-18)21-20(22)14-17-11-9-16(3)10-12-17/h4-12,15,19H,13-14H2,1-3H3,(H,21,22). The predicted octanol–water partition coefficient (Wildman–Crippen LogP) is 4.44. The molecule has 2 aromatic rings. The second-order valence-electron chi connectivity index (χ2n) is 6.32. The van der Waals surface area contributed by atoms with Crippen molar-refractivity contribution in [3.63, 3.8) is 0 Å². The van der Waals surface area contributed by atoms with Gasteiger partial charge in [0.2, 0.25) is 5.91 Å². The third-order valence-electron chi connectivity index (χ3n) is 3.73.